The van der Waals surface area contributed by atoms with Crippen molar-refractivity contribution in [2.75, 3.05) is 5.73 Å². The van der Waals surface area contributed by atoms with Gasteiger partial charge in [-0.3, -0.25) is 14.7 Å². The molecule has 0 spiro atoms. The highest BCUT2D eigenvalue weighted by atomic mass is 16.2. The number of nitrogens with two attached hydrogens (primary N) is 1. The van der Waals surface area contributed by atoms with Crippen LogP contribution < -0.4 is 11.3 Å². The van der Waals surface area contributed by atoms with Gasteiger partial charge in [0.05, 0.1) is 10.9 Å². The Kier molecular flexibility index (Phi) is 2.45. The van der Waals surface area contributed by atoms with E-state index < -0.39 is 0 Å². The standard InChI is InChI=1S/C14H11N3O2/c15-10-7-5-9(6-8-10)14(19)17-12-4-2-1-3-11(12)13(18)16-17/h1-8H,15H2,(H,16,18). The van der Waals surface area contributed by atoms with Crippen molar-refractivity contribution in [1.82, 2.24) is 9.78 Å². The Morgan fingerprint density at radius 2 is 1.74 bits per heavy atom. The number of benzene rings is 2. The lowest BCUT2D eigenvalue weighted by Crippen LogP contribution is -2.16. The number of nitrogens with zero attached hydrogens (tertiary/aromatic N) is 1. The van der Waals surface area contributed by atoms with Gasteiger partial charge in [0.2, 0.25) is 0 Å². The van der Waals surface area contributed by atoms with Crippen LogP contribution in [-0.2, 0) is 0 Å². The number of H-pyrrole nitrogens is 1. The minimum Gasteiger partial charge on any atom is -0.399 e. The lowest BCUT2D eigenvalue weighted by molar-refractivity contribution is 0.0950. The highest BCUT2D eigenvalue weighted by Gasteiger charge is 2.13. The SMILES string of the molecule is Nc1ccc(C(=O)n2[nH]c(=O)c3ccccc32)cc1. The van der Waals surface area contributed by atoms with E-state index in [1.807, 2.05) is 0 Å². The van der Waals surface area contributed by atoms with Crippen molar-refractivity contribution in [3.8, 4) is 0 Å². The lowest BCUT2D eigenvalue weighted by Gasteiger charge is -2.03. The highest BCUT2D eigenvalue weighted by Crippen LogP contribution is 2.12. The molecule has 1 aromatic heterocycles. The maximum atomic E-state index is 12.3. The average Bonchev–Trinajstić information content (AvgIpc) is 2.77. The Morgan fingerprint density at radius 3 is 2.47 bits per heavy atom. The van der Waals surface area contributed by atoms with Crippen LogP contribution in [0.5, 0.6) is 0 Å². The van der Waals surface area contributed by atoms with Crippen molar-refractivity contribution in [2.45, 2.75) is 0 Å². The number of fused-ring (bicyclic) bond motifs is 1. The van der Waals surface area contributed by atoms with Gasteiger partial charge in [-0.25, -0.2) is 4.68 Å². The van der Waals surface area contributed by atoms with Crippen LogP contribution in [0.15, 0.2) is 53.3 Å². The largest absolute Gasteiger partial charge is 0.399 e. The molecular weight excluding hydrogens is 242 g/mol. The Bertz CT molecular complexity index is 813. The third kappa shape index (κ3) is 1.81. The van der Waals surface area contributed by atoms with E-state index in [0.29, 0.717) is 22.2 Å². The fraction of sp³-hybridized carbons (Fsp3) is 0. The predicted octanol–water partition coefficient (Wildman–Crippen LogP) is 1.60. The van der Waals surface area contributed by atoms with Crippen molar-refractivity contribution in [3.05, 3.63) is 64.4 Å². The van der Waals surface area contributed by atoms with Gasteiger partial charge in [-0.2, -0.15) is 0 Å². The number of aromatic amines is 1. The molecule has 0 aliphatic rings. The molecule has 0 radical (unpaired) electrons. The molecule has 1 heterocycles. The molecule has 3 N–H and O–H groups in total. The summed E-state index contributed by atoms with van der Waals surface area (Å²) < 4.78 is 1.25. The summed E-state index contributed by atoms with van der Waals surface area (Å²) in [5.74, 6) is -0.293. The normalized spacial score (nSPS) is 10.7. The second-order valence-electron chi connectivity index (χ2n) is 4.22. The molecule has 5 heteroatoms. The molecule has 3 rings (SSSR count). The molecule has 0 bridgehead atoms. The number of hydrogen-bond donors (Lipinski definition) is 2. The van der Waals surface area contributed by atoms with Gasteiger partial charge in [-0.05, 0) is 36.4 Å². The minimum absolute atomic E-state index is 0.278. The van der Waals surface area contributed by atoms with Gasteiger partial charge in [-0.1, -0.05) is 12.1 Å². The molecule has 94 valence electrons. The van der Waals surface area contributed by atoms with Crippen LogP contribution in [0.4, 0.5) is 5.69 Å². The van der Waals surface area contributed by atoms with Crippen molar-refractivity contribution < 1.29 is 4.79 Å². The van der Waals surface area contributed by atoms with Gasteiger partial charge < -0.3 is 5.73 Å². The van der Waals surface area contributed by atoms with Crippen molar-refractivity contribution in [3.63, 3.8) is 0 Å². The first-order valence-corrected chi connectivity index (χ1v) is 5.77. The zero-order chi connectivity index (χ0) is 13.4. The topological polar surface area (TPSA) is 80.9 Å². The first-order chi connectivity index (χ1) is 9.16. The predicted molar refractivity (Wildman–Crippen MR) is 73.1 cm³/mol. The van der Waals surface area contributed by atoms with E-state index in [1.165, 1.54) is 4.68 Å². The number of para-hydroxylation sites is 1. The van der Waals surface area contributed by atoms with Crippen LogP contribution in [0.3, 0.4) is 0 Å². The van der Waals surface area contributed by atoms with Crippen molar-refractivity contribution in [1.29, 1.82) is 0 Å². The monoisotopic (exact) mass is 253 g/mol. The molecular formula is C14H11N3O2. The summed E-state index contributed by atoms with van der Waals surface area (Å²) in [7, 11) is 0. The zero-order valence-corrected chi connectivity index (χ0v) is 9.96. The summed E-state index contributed by atoms with van der Waals surface area (Å²) in [4.78, 5) is 24.1. The van der Waals surface area contributed by atoms with Gasteiger partial charge in [-0.15, -0.1) is 0 Å². The number of anilines is 1. The van der Waals surface area contributed by atoms with Crippen molar-refractivity contribution in [2.24, 2.45) is 0 Å². The van der Waals surface area contributed by atoms with Crippen LogP contribution in [0.2, 0.25) is 0 Å². The van der Waals surface area contributed by atoms with Crippen LogP contribution in [0, 0.1) is 0 Å². The molecule has 3 aromatic rings. The van der Waals surface area contributed by atoms with E-state index in [-0.39, 0.29) is 11.5 Å². The molecule has 0 aliphatic carbocycles. The van der Waals surface area contributed by atoms with E-state index in [0.717, 1.165) is 0 Å². The second-order valence-corrected chi connectivity index (χ2v) is 4.22. The van der Waals surface area contributed by atoms with Gasteiger partial charge in [0, 0.05) is 11.3 Å². The molecule has 5 nitrogen and oxygen atoms in total. The smallest absolute Gasteiger partial charge is 0.277 e. The molecule has 0 aliphatic heterocycles. The van der Waals surface area contributed by atoms with E-state index >= 15 is 0 Å². The molecule has 0 saturated heterocycles. The molecule has 19 heavy (non-hydrogen) atoms. The Morgan fingerprint density at radius 1 is 1.05 bits per heavy atom. The minimum atomic E-state index is -0.293. The third-order valence-electron chi connectivity index (χ3n) is 2.96. The summed E-state index contributed by atoms with van der Waals surface area (Å²) in [5, 5.41) is 3.04. The van der Waals surface area contributed by atoms with Gasteiger partial charge in [0.25, 0.3) is 11.5 Å². The number of nitrogens with one attached hydrogen (secondary N) is 1. The molecule has 0 unspecified atom stereocenters. The molecule has 0 atom stereocenters. The van der Waals surface area contributed by atoms with E-state index in [9.17, 15) is 9.59 Å². The van der Waals surface area contributed by atoms with Crippen LogP contribution >= 0.6 is 0 Å². The zero-order valence-electron chi connectivity index (χ0n) is 9.96. The number of nitrogen functional groups attached to an aromatic ring is 1. The Balaban J connectivity index is 2.17. The number of aromatic nitrogens is 2. The van der Waals surface area contributed by atoms with Gasteiger partial charge in [0.15, 0.2) is 0 Å². The average molecular weight is 253 g/mol. The summed E-state index contributed by atoms with van der Waals surface area (Å²) >= 11 is 0. The fourth-order valence-corrected chi connectivity index (χ4v) is 2.00. The maximum Gasteiger partial charge on any atom is 0.277 e. The number of hydrogen-bond acceptors (Lipinski definition) is 3. The maximum absolute atomic E-state index is 12.3. The van der Waals surface area contributed by atoms with Crippen molar-refractivity contribution >= 4 is 22.5 Å². The highest BCUT2D eigenvalue weighted by molar-refractivity contribution is 6.01. The summed E-state index contributed by atoms with van der Waals surface area (Å²) in [6.45, 7) is 0. The van der Waals surface area contributed by atoms with Gasteiger partial charge >= 0.3 is 0 Å². The lowest BCUT2D eigenvalue weighted by atomic mass is 10.2. The van der Waals surface area contributed by atoms with E-state index in [4.69, 9.17) is 5.73 Å². The van der Waals surface area contributed by atoms with E-state index in [2.05, 4.69) is 5.10 Å². The molecule has 0 amide bonds. The Labute approximate surface area is 108 Å². The van der Waals surface area contributed by atoms with E-state index in [1.54, 1.807) is 48.5 Å². The van der Waals surface area contributed by atoms with Crippen LogP contribution in [0.25, 0.3) is 10.9 Å². The number of carbonyl (C=O) groups excluding carboxylic acids is 1. The summed E-state index contributed by atoms with van der Waals surface area (Å²) in [6.07, 6.45) is 0. The van der Waals surface area contributed by atoms with Gasteiger partial charge in [0.1, 0.15) is 0 Å². The Hall–Kier alpha value is -2.82. The van der Waals surface area contributed by atoms with Crippen LogP contribution in [-0.4, -0.2) is 15.7 Å². The summed E-state index contributed by atoms with van der Waals surface area (Å²) in [5.41, 5.74) is 6.92. The summed E-state index contributed by atoms with van der Waals surface area (Å²) in [6, 6.07) is 13.5. The molecule has 0 fully saturated rings. The number of carbonyl (C=O) groups is 1. The third-order valence-corrected chi connectivity index (χ3v) is 2.96. The number of rotatable bonds is 1. The molecule has 0 saturated carbocycles. The fourth-order valence-electron chi connectivity index (χ4n) is 2.00. The first kappa shape index (κ1) is 11.3. The van der Waals surface area contributed by atoms with Crippen LogP contribution in [0.1, 0.15) is 10.4 Å². The quantitative estimate of drug-likeness (QED) is 0.646. The molecule has 2 aromatic carbocycles. The first-order valence-electron chi connectivity index (χ1n) is 5.77. The second kappa shape index (κ2) is 4.13.